The first-order chi connectivity index (χ1) is 22.9. The summed E-state index contributed by atoms with van der Waals surface area (Å²) < 4.78 is 17.5. The van der Waals surface area contributed by atoms with Crippen LogP contribution in [0, 0.1) is 0 Å². The highest BCUT2D eigenvalue weighted by Crippen LogP contribution is 2.30. The van der Waals surface area contributed by atoms with E-state index in [-0.39, 0.29) is 18.2 Å². The lowest BCUT2D eigenvalue weighted by atomic mass is 9.90. The molecule has 0 fully saturated rings. The lowest BCUT2D eigenvalue weighted by molar-refractivity contribution is -0.135. The zero-order chi connectivity index (χ0) is 37.4. The SMILES string of the molecule is CC.CC(C)(C)OC(=O)NC(C)(C)C(N)=O.COc1ccc(C(C)(C(=O)N(C)C)n2cnc(NC(=O)CCOCc3ccccc3)c2)cc1. The van der Waals surface area contributed by atoms with Gasteiger partial charge in [-0.2, -0.15) is 0 Å². The van der Waals surface area contributed by atoms with Gasteiger partial charge in [-0.05, 0) is 64.8 Å². The number of rotatable bonds is 12. The Morgan fingerprint density at radius 1 is 0.918 bits per heavy atom. The van der Waals surface area contributed by atoms with Crippen LogP contribution in [0.15, 0.2) is 67.1 Å². The number of imidazole rings is 1. The summed E-state index contributed by atoms with van der Waals surface area (Å²) in [6, 6.07) is 17.1. The van der Waals surface area contributed by atoms with Crippen LogP contribution < -0.4 is 21.1 Å². The summed E-state index contributed by atoms with van der Waals surface area (Å²) in [6.45, 7) is 14.8. The van der Waals surface area contributed by atoms with Crippen molar-refractivity contribution in [3.8, 4) is 5.75 Å². The largest absolute Gasteiger partial charge is 0.497 e. The van der Waals surface area contributed by atoms with Crippen LogP contribution in [0.2, 0.25) is 0 Å². The Kier molecular flexibility index (Phi) is 16.5. The van der Waals surface area contributed by atoms with Gasteiger partial charge in [0.25, 0.3) is 5.91 Å². The van der Waals surface area contributed by atoms with Crippen molar-refractivity contribution in [1.29, 1.82) is 0 Å². The number of benzene rings is 2. The van der Waals surface area contributed by atoms with Crippen LogP contribution in [-0.4, -0.2) is 77.2 Å². The monoisotopic (exact) mass is 682 g/mol. The smallest absolute Gasteiger partial charge is 0.408 e. The molecule has 49 heavy (non-hydrogen) atoms. The second kappa shape index (κ2) is 19.2. The Bertz CT molecular complexity index is 1480. The summed E-state index contributed by atoms with van der Waals surface area (Å²) >= 11 is 0. The zero-order valence-electron chi connectivity index (χ0n) is 30.7. The molecule has 3 aromatic rings. The van der Waals surface area contributed by atoms with E-state index in [0.29, 0.717) is 24.8 Å². The molecule has 2 aromatic carbocycles. The summed E-state index contributed by atoms with van der Waals surface area (Å²) in [7, 11) is 5.01. The van der Waals surface area contributed by atoms with Gasteiger partial charge in [0.1, 0.15) is 22.4 Å². The van der Waals surface area contributed by atoms with Crippen molar-refractivity contribution in [2.75, 3.05) is 33.1 Å². The number of amides is 4. The average Bonchev–Trinajstić information content (AvgIpc) is 3.51. The molecule has 0 aliphatic carbocycles. The summed E-state index contributed by atoms with van der Waals surface area (Å²) in [6.07, 6.45) is 2.76. The fourth-order valence-corrected chi connectivity index (χ4v) is 4.12. The van der Waals surface area contributed by atoms with Gasteiger partial charge in [0.05, 0.1) is 33.1 Å². The Hall–Kier alpha value is -4.91. The number of nitrogens with one attached hydrogen (secondary N) is 2. The van der Waals surface area contributed by atoms with E-state index in [1.165, 1.54) is 18.7 Å². The fraction of sp³-hybridized carbons (Fsp3) is 0.472. The highest BCUT2D eigenvalue weighted by molar-refractivity contribution is 5.90. The molecule has 13 heteroatoms. The van der Waals surface area contributed by atoms with E-state index in [4.69, 9.17) is 19.9 Å². The first kappa shape index (κ1) is 42.1. The first-order valence-electron chi connectivity index (χ1n) is 16.0. The van der Waals surface area contributed by atoms with E-state index in [9.17, 15) is 19.2 Å². The molecule has 0 saturated carbocycles. The van der Waals surface area contributed by atoms with Crippen LogP contribution in [0.25, 0.3) is 0 Å². The number of nitrogens with two attached hydrogens (primary N) is 1. The Morgan fingerprint density at radius 2 is 1.51 bits per heavy atom. The standard InChI is InChI=1S/C25H30N4O4.C9H18N2O3.C2H6/c1-25(24(31)28(2)3,20-10-12-21(32-4)13-11-20)29-16-22(26-18-29)27-23(30)14-15-33-17-19-8-6-5-7-9-19;1-8(2,3)14-7(13)11-9(4,5)6(10)12;1-2/h5-13,16,18H,14-15,17H2,1-4H3,(H,27,30);1-5H3,(H2,10,12)(H,11,13);1-2H3. The fourth-order valence-electron chi connectivity index (χ4n) is 4.12. The maximum atomic E-state index is 13.2. The molecule has 1 aromatic heterocycles. The van der Waals surface area contributed by atoms with Gasteiger partial charge in [-0.25, -0.2) is 9.78 Å². The first-order valence-corrected chi connectivity index (χ1v) is 16.0. The number of alkyl carbamates (subject to hydrolysis) is 1. The quantitative estimate of drug-likeness (QED) is 0.222. The molecule has 1 heterocycles. The molecule has 0 spiro atoms. The average molecular weight is 683 g/mol. The number of hydrogen-bond donors (Lipinski definition) is 3. The predicted octanol–water partition coefficient (Wildman–Crippen LogP) is 5.09. The van der Waals surface area contributed by atoms with Gasteiger partial charge < -0.3 is 40.0 Å². The number of carbonyl (C=O) groups is 4. The number of carbonyl (C=O) groups excluding carboxylic acids is 4. The van der Waals surface area contributed by atoms with Crippen molar-refractivity contribution < 1.29 is 33.4 Å². The molecule has 0 aliphatic heterocycles. The van der Waals surface area contributed by atoms with Gasteiger partial charge >= 0.3 is 6.09 Å². The van der Waals surface area contributed by atoms with E-state index in [1.54, 1.807) is 59.1 Å². The molecule has 4 amide bonds. The number of methoxy groups -OCH3 is 1. The molecule has 4 N–H and O–H groups in total. The zero-order valence-corrected chi connectivity index (χ0v) is 30.7. The van der Waals surface area contributed by atoms with Crippen LogP contribution in [-0.2, 0) is 36.0 Å². The topological polar surface area (TPSA) is 167 Å². The van der Waals surface area contributed by atoms with Crippen molar-refractivity contribution in [1.82, 2.24) is 19.8 Å². The van der Waals surface area contributed by atoms with Gasteiger partial charge in [0, 0.05) is 20.3 Å². The third-order valence-electron chi connectivity index (χ3n) is 6.86. The van der Waals surface area contributed by atoms with Crippen molar-refractivity contribution in [2.24, 2.45) is 5.73 Å². The second-order valence-corrected chi connectivity index (χ2v) is 12.6. The molecule has 0 bridgehead atoms. The van der Waals surface area contributed by atoms with Crippen LogP contribution in [0.1, 0.15) is 72.9 Å². The number of anilines is 1. The highest BCUT2D eigenvalue weighted by Gasteiger charge is 2.38. The van der Waals surface area contributed by atoms with Gasteiger partial charge in [-0.15, -0.1) is 0 Å². The number of nitrogens with zero attached hydrogens (tertiary/aromatic N) is 3. The minimum absolute atomic E-state index is 0.128. The molecule has 13 nitrogen and oxygen atoms in total. The van der Waals surface area contributed by atoms with E-state index in [1.807, 2.05) is 75.4 Å². The van der Waals surface area contributed by atoms with Gasteiger partial charge in [0.15, 0.2) is 5.82 Å². The summed E-state index contributed by atoms with van der Waals surface area (Å²) in [5.41, 5.74) is 4.17. The number of ether oxygens (including phenoxy) is 3. The third kappa shape index (κ3) is 13.6. The normalized spacial score (nSPS) is 12.1. The van der Waals surface area contributed by atoms with Crippen molar-refractivity contribution in [3.05, 3.63) is 78.2 Å². The van der Waals surface area contributed by atoms with Crippen molar-refractivity contribution in [2.45, 2.75) is 85.1 Å². The van der Waals surface area contributed by atoms with Crippen LogP contribution >= 0.6 is 0 Å². The molecule has 270 valence electrons. The Labute approximate surface area is 290 Å². The third-order valence-corrected chi connectivity index (χ3v) is 6.86. The van der Waals surface area contributed by atoms with Crippen LogP contribution in [0.4, 0.5) is 10.6 Å². The van der Waals surface area contributed by atoms with E-state index < -0.39 is 28.7 Å². The summed E-state index contributed by atoms with van der Waals surface area (Å²) in [4.78, 5) is 53.5. The molecular weight excluding hydrogens is 628 g/mol. The van der Waals surface area contributed by atoms with Crippen molar-refractivity contribution in [3.63, 3.8) is 0 Å². The molecule has 0 radical (unpaired) electrons. The lowest BCUT2D eigenvalue weighted by Gasteiger charge is -2.33. The van der Waals surface area contributed by atoms with E-state index in [2.05, 4.69) is 15.6 Å². The predicted molar refractivity (Wildman–Crippen MR) is 190 cm³/mol. The maximum absolute atomic E-state index is 13.2. The second-order valence-electron chi connectivity index (χ2n) is 12.6. The molecule has 0 saturated heterocycles. The minimum Gasteiger partial charge on any atom is -0.497 e. The van der Waals surface area contributed by atoms with Crippen LogP contribution in [0.3, 0.4) is 0 Å². The van der Waals surface area contributed by atoms with Crippen LogP contribution in [0.5, 0.6) is 5.75 Å². The molecule has 0 aliphatic rings. The number of hydrogen-bond acceptors (Lipinski definition) is 8. The van der Waals surface area contributed by atoms with Gasteiger partial charge in [-0.1, -0.05) is 56.3 Å². The molecule has 1 unspecified atom stereocenters. The Balaban J connectivity index is 0.000000632. The highest BCUT2D eigenvalue weighted by atomic mass is 16.6. The van der Waals surface area contributed by atoms with E-state index in [0.717, 1.165) is 11.1 Å². The minimum atomic E-state index is -1.09. The molecule has 3 rings (SSSR count). The number of aromatic nitrogens is 2. The summed E-state index contributed by atoms with van der Waals surface area (Å²) in [5.74, 6) is 0.125. The van der Waals surface area contributed by atoms with Gasteiger partial charge in [0.2, 0.25) is 11.8 Å². The number of likely N-dealkylation sites (N-methyl/N-ethyl adjacent to an activating group) is 1. The summed E-state index contributed by atoms with van der Waals surface area (Å²) in [5, 5.41) is 5.15. The van der Waals surface area contributed by atoms with Gasteiger partial charge in [-0.3, -0.25) is 14.4 Å². The van der Waals surface area contributed by atoms with Crippen molar-refractivity contribution >= 4 is 29.6 Å². The molecule has 1 atom stereocenters. The number of primary amides is 1. The lowest BCUT2D eigenvalue weighted by Crippen LogP contribution is -2.54. The Morgan fingerprint density at radius 3 is 2.02 bits per heavy atom. The van der Waals surface area contributed by atoms with E-state index >= 15 is 0 Å². The molecular formula is C36H54N6O7. The maximum Gasteiger partial charge on any atom is 0.408 e.